The van der Waals surface area contributed by atoms with Crippen LogP contribution in [-0.2, 0) is 6.42 Å². The van der Waals surface area contributed by atoms with Crippen molar-refractivity contribution in [3.63, 3.8) is 0 Å². The van der Waals surface area contributed by atoms with Gasteiger partial charge in [-0.05, 0) is 12.8 Å². The molecule has 0 spiro atoms. The van der Waals surface area contributed by atoms with Crippen molar-refractivity contribution in [3.05, 3.63) is 22.2 Å². The maximum absolute atomic E-state index is 11.0. The summed E-state index contributed by atoms with van der Waals surface area (Å²) in [5.41, 5.74) is 0.707. The topological polar surface area (TPSA) is 46.0 Å². The van der Waals surface area contributed by atoms with Gasteiger partial charge in [-0.2, -0.15) is 5.16 Å². The van der Waals surface area contributed by atoms with Crippen molar-refractivity contribution >= 4 is 0 Å². The molecular weight excluding hydrogens is 178 g/mol. The van der Waals surface area contributed by atoms with Crippen molar-refractivity contribution in [2.75, 3.05) is 0 Å². The molecule has 14 heavy (non-hydrogen) atoms. The van der Waals surface area contributed by atoms with Gasteiger partial charge < -0.3 is 4.52 Å². The van der Waals surface area contributed by atoms with E-state index < -0.39 is 0 Å². The van der Waals surface area contributed by atoms with Crippen LogP contribution >= 0.6 is 0 Å². The molecule has 1 rings (SSSR count). The molecule has 3 heteroatoms. The van der Waals surface area contributed by atoms with Crippen molar-refractivity contribution in [1.29, 1.82) is 0 Å². The van der Waals surface area contributed by atoms with E-state index in [0.29, 0.717) is 0 Å². The molecule has 0 amide bonds. The maximum Gasteiger partial charge on any atom is 0.283 e. The van der Waals surface area contributed by atoms with Gasteiger partial charge in [0.15, 0.2) is 0 Å². The van der Waals surface area contributed by atoms with Crippen LogP contribution in [0.3, 0.4) is 0 Å². The van der Waals surface area contributed by atoms with Crippen LogP contribution in [0.4, 0.5) is 0 Å². The molecule has 0 atom stereocenters. The van der Waals surface area contributed by atoms with Gasteiger partial charge in [-0.15, -0.1) is 0 Å². The molecule has 1 aromatic heterocycles. The number of aromatic nitrogens is 1. The summed E-state index contributed by atoms with van der Waals surface area (Å²) in [5, 5.41) is 2.30. The first-order valence-electron chi connectivity index (χ1n) is 5.49. The van der Waals surface area contributed by atoms with E-state index in [1.807, 2.05) is 0 Å². The fourth-order valence-electron chi connectivity index (χ4n) is 1.54. The van der Waals surface area contributed by atoms with E-state index >= 15 is 0 Å². The minimum absolute atomic E-state index is 0.0708. The summed E-state index contributed by atoms with van der Waals surface area (Å²) in [6, 6.07) is 0. The Morgan fingerprint density at radius 1 is 1.21 bits per heavy atom. The fraction of sp³-hybridized carbons (Fsp3) is 0.727. The summed E-state index contributed by atoms with van der Waals surface area (Å²) >= 11 is 0. The Balaban J connectivity index is 2.05. The van der Waals surface area contributed by atoms with Crippen molar-refractivity contribution < 1.29 is 4.52 Å². The number of rotatable bonds is 7. The first-order chi connectivity index (χ1) is 6.84. The molecule has 1 N–H and O–H groups in total. The molecule has 1 aromatic rings. The van der Waals surface area contributed by atoms with Crippen LogP contribution in [-0.4, -0.2) is 5.16 Å². The number of hydrogen-bond acceptors (Lipinski definition) is 2. The van der Waals surface area contributed by atoms with Crippen LogP contribution in [0.25, 0.3) is 0 Å². The summed E-state index contributed by atoms with van der Waals surface area (Å²) in [6.45, 7) is 2.21. The zero-order valence-electron chi connectivity index (χ0n) is 8.84. The summed E-state index contributed by atoms with van der Waals surface area (Å²) in [6.07, 6.45) is 9.87. The van der Waals surface area contributed by atoms with Gasteiger partial charge in [-0.25, -0.2) is 0 Å². The molecule has 0 fully saturated rings. The largest absolute Gasteiger partial charge is 0.387 e. The van der Waals surface area contributed by atoms with E-state index in [-0.39, 0.29) is 5.56 Å². The number of aryl methyl sites for hydroxylation is 1. The third-order valence-electron chi connectivity index (χ3n) is 2.44. The Morgan fingerprint density at radius 3 is 2.57 bits per heavy atom. The number of H-pyrrole nitrogens is 1. The standard InChI is InChI=1S/C11H19NO2/c1-2-3-4-5-6-7-8-10-9-14-12-11(10)13/h9H,2-8H2,1H3,(H,12,13). The Bertz CT molecular complexity index is 287. The summed E-state index contributed by atoms with van der Waals surface area (Å²) in [4.78, 5) is 11.0. The second-order valence-corrected chi connectivity index (χ2v) is 3.71. The van der Waals surface area contributed by atoms with Crippen molar-refractivity contribution in [2.24, 2.45) is 0 Å². The molecule has 0 radical (unpaired) electrons. The normalized spacial score (nSPS) is 10.6. The number of aromatic amines is 1. The lowest BCUT2D eigenvalue weighted by molar-refractivity contribution is 0.413. The molecule has 0 unspecified atom stereocenters. The van der Waals surface area contributed by atoms with E-state index in [0.717, 1.165) is 18.4 Å². The molecule has 0 aliphatic carbocycles. The molecule has 80 valence electrons. The van der Waals surface area contributed by atoms with E-state index in [2.05, 4.69) is 12.1 Å². The zero-order chi connectivity index (χ0) is 10.2. The molecule has 1 heterocycles. The molecule has 3 nitrogen and oxygen atoms in total. The fourth-order valence-corrected chi connectivity index (χ4v) is 1.54. The van der Waals surface area contributed by atoms with Crippen LogP contribution in [0, 0.1) is 0 Å². The predicted octanol–water partition coefficient (Wildman–Crippen LogP) is 2.87. The summed E-state index contributed by atoms with van der Waals surface area (Å²) in [5.74, 6) is 0. The number of unbranched alkanes of at least 4 members (excludes halogenated alkanes) is 5. The van der Waals surface area contributed by atoms with Gasteiger partial charge in [0.25, 0.3) is 5.56 Å². The van der Waals surface area contributed by atoms with Gasteiger partial charge in [0.1, 0.15) is 6.26 Å². The van der Waals surface area contributed by atoms with Crippen LogP contribution in [0.5, 0.6) is 0 Å². The minimum atomic E-state index is -0.0708. The summed E-state index contributed by atoms with van der Waals surface area (Å²) in [7, 11) is 0. The van der Waals surface area contributed by atoms with Crippen molar-refractivity contribution in [2.45, 2.75) is 51.9 Å². The molecule has 0 saturated carbocycles. The zero-order valence-corrected chi connectivity index (χ0v) is 8.84. The third-order valence-corrected chi connectivity index (χ3v) is 2.44. The Hall–Kier alpha value is -0.990. The second kappa shape index (κ2) is 6.46. The highest BCUT2D eigenvalue weighted by Crippen LogP contribution is 2.07. The quantitative estimate of drug-likeness (QED) is 0.683. The van der Waals surface area contributed by atoms with Gasteiger partial charge in [0.05, 0.1) is 5.56 Å². The molecule has 0 aromatic carbocycles. The maximum atomic E-state index is 11.0. The Kier molecular flexibility index (Phi) is 5.12. The number of nitrogens with one attached hydrogen (secondary N) is 1. The highest BCUT2D eigenvalue weighted by atomic mass is 16.5. The van der Waals surface area contributed by atoms with Crippen LogP contribution in [0.1, 0.15) is 51.0 Å². The van der Waals surface area contributed by atoms with Crippen LogP contribution in [0.15, 0.2) is 15.6 Å². The van der Waals surface area contributed by atoms with Crippen molar-refractivity contribution in [1.82, 2.24) is 5.16 Å². The first-order valence-corrected chi connectivity index (χ1v) is 5.49. The molecule has 0 saturated heterocycles. The average molecular weight is 197 g/mol. The van der Waals surface area contributed by atoms with Crippen LogP contribution < -0.4 is 5.56 Å². The third kappa shape index (κ3) is 3.81. The van der Waals surface area contributed by atoms with E-state index in [4.69, 9.17) is 4.52 Å². The lowest BCUT2D eigenvalue weighted by Crippen LogP contribution is -2.04. The Labute approximate surface area is 84.5 Å². The Morgan fingerprint density at radius 2 is 1.93 bits per heavy atom. The lowest BCUT2D eigenvalue weighted by atomic mass is 10.1. The van der Waals surface area contributed by atoms with Gasteiger partial charge >= 0.3 is 0 Å². The van der Waals surface area contributed by atoms with Gasteiger partial charge in [0.2, 0.25) is 0 Å². The minimum Gasteiger partial charge on any atom is -0.387 e. The average Bonchev–Trinajstić information content (AvgIpc) is 2.58. The number of hydrogen-bond donors (Lipinski definition) is 1. The second-order valence-electron chi connectivity index (χ2n) is 3.71. The predicted molar refractivity (Wildman–Crippen MR) is 56.4 cm³/mol. The molecule has 0 aliphatic heterocycles. The highest BCUT2D eigenvalue weighted by molar-refractivity contribution is 5.00. The highest BCUT2D eigenvalue weighted by Gasteiger charge is 2.00. The SMILES string of the molecule is CCCCCCCCc1co[nH]c1=O. The van der Waals surface area contributed by atoms with E-state index in [9.17, 15) is 4.79 Å². The van der Waals surface area contributed by atoms with Crippen molar-refractivity contribution in [3.8, 4) is 0 Å². The monoisotopic (exact) mass is 197 g/mol. The van der Waals surface area contributed by atoms with Gasteiger partial charge in [0, 0.05) is 0 Å². The van der Waals surface area contributed by atoms with Gasteiger partial charge in [-0.3, -0.25) is 4.79 Å². The molecule has 0 bridgehead atoms. The van der Waals surface area contributed by atoms with E-state index in [1.165, 1.54) is 38.4 Å². The molecule has 0 aliphatic rings. The van der Waals surface area contributed by atoms with E-state index in [1.54, 1.807) is 0 Å². The first kappa shape index (κ1) is 11.1. The van der Waals surface area contributed by atoms with Crippen LogP contribution in [0.2, 0.25) is 0 Å². The smallest absolute Gasteiger partial charge is 0.283 e. The lowest BCUT2D eigenvalue weighted by Gasteiger charge is -1.97. The summed E-state index contributed by atoms with van der Waals surface area (Å²) < 4.78 is 4.70. The molecular formula is C11H19NO2. The van der Waals surface area contributed by atoms with Gasteiger partial charge in [-0.1, -0.05) is 39.0 Å².